The first-order chi connectivity index (χ1) is 12.0. The van der Waals surface area contributed by atoms with Gasteiger partial charge in [-0.1, -0.05) is 17.7 Å². The molecule has 6 nitrogen and oxygen atoms in total. The predicted molar refractivity (Wildman–Crippen MR) is 99.4 cm³/mol. The number of nitrogens with zero attached hydrogens (tertiary/aromatic N) is 1. The van der Waals surface area contributed by atoms with Crippen LogP contribution >= 0.6 is 0 Å². The number of amides is 1. The standard InChI is InChI=1S/C19H29NO5S/c1-14-6-10-17(11-7-14)26(22,23)24-13-16-9-8-15(2)20(12-16)18(21)25-19(3,4)5/h6-7,10-11,15-16H,8-9,12-13H2,1-5H3/t15-,16-/m1/s1. The van der Waals surface area contributed by atoms with E-state index in [1.54, 1.807) is 29.2 Å². The molecule has 0 unspecified atom stereocenters. The van der Waals surface area contributed by atoms with Gasteiger partial charge in [0.15, 0.2) is 0 Å². The van der Waals surface area contributed by atoms with Crippen molar-refractivity contribution < 1.29 is 22.1 Å². The van der Waals surface area contributed by atoms with Crippen LogP contribution in [-0.2, 0) is 19.0 Å². The second kappa shape index (κ2) is 7.96. The number of rotatable bonds is 4. The normalized spacial score (nSPS) is 21.5. The zero-order chi connectivity index (χ0) is 19.5. The molecule has 2 atom stereocenters. The lowest BCUT2D eigenvalue weighted by Gasteiger charge is -2.38. The van der Waals surface area contributed by atoms with E-state index in [-0.39, 0.29) is 29.6 Å². The van der Waals surface area contributed by atoms with Gasteiger partial charge in [-0.3, -0.25) is 4.18 Å². The van der Waals surface area contributed by atoms with E-state index in [2.05, 4.69) is 0 Å². The molecule has 1 amide bonds. The van der Waals surface area contributed by atoms with Gasteiger partial charge in [0.1, 0.15) is 5.60 Å². The molecule has 1 aliphatic rings. The summed E-state index contributed by atoms with van der Waals surface area (Å²) in [6.45, 7) is 9.84. The molecule has 0 saturated carbocycles. The van der Waals surface area contributed by atoms with Gasteiger partial charge >= 0.3 is 6.09 Å². The SMILES string of the molecule is Cc1ccc(S(=O)(=O)OC[C@@H]2CC[C@@H](C)N(C(=O)OC(C)(C)C)C2)cc1. The smallest absolute Gasteiger partial charge is 0.410 e. The first kappa shape index (κ1) is 20.7. The Kier molecular flexibility index (Phi) is 6.34. The highest BCUT2D eigenvalue weighted by Crippen LogP contribution is 2.25. The molecule has 0 N–H and O–H groups in total. The number of ether oxygens (including phenoxy) is 1. The molecule has 0 aliphatic carbocycles. The molecule has 0 aromatic heterocycles. The molecule has 0 radical (unpaired) electrons. The zero-order valence-corrected chi connectivity index (χ0v) is 17.0. The lowest BCUT2D eigenvalue weighted by Crippen LogP contribution is -2.48. The minimum Gasteiger partial charge on any atom is -0.444 e. The molecule has 146 valence electrons. The highest BCUT2D eigenvalue weighted by molar-refractivity contribution is 7.86. The summed E-state index contributed by atoms with van der Waals surface area (Å²) in [5.41, 5.74) is 0.424. The molecule has 7 heteroatoms. The van der Waals surface area contributed by atoms with Crippen LogP contribution in [0.15, 0.2) is 29.2 Å². The fourth-order valence-corrected chi connectivity index (χ4v) is 3.83. The van der Waals surface area contributed by atoms with E-state index in [1.165, 1.54) is 0 Å². The second-order valence-corrected chi connectivity index (χ2v) is 9.59. The minimum atomic E-state index is -3.79. The van der Waals surface area contributed by atoms with Crippen molar-refractivity contribution in [1.29, 1.82) is 0 Å². The fraction of sp³-hybridized carbons (Fsp3) is 0.632. The molecule has 0 spiro atoms. The topological polar surface area (TPSA) is 72.9 Å². The first-order valence-electron chi connectivity index (χ1n) is 8.93. The Morgan fingerprint density at radius 3 is 2.38 bits per heavy atom. The van der Waals surface area contributed by atoms with Crippen LogP contribution in [0.25, 0.3) is 0 Å². The van der Waals surface area contributed by atoms with Crippen molar-refractivity contribution in [2.75, 3.05) is 13.2 Å². The summed E-state index contributed by atoms with van der Waals surface area (Å²) in [7, 11) is -3.79. The summed E-state index contributed by atoms with van der Waals surface area (Å²) in [5, 5.41) is 0. The third-order valence-electron chi connectivity index (χ3n) is 4.38. The number of piperidine rings is 1. The summed E-state index contributed by atoms with van der Waals surface area (Å²) in [5.74, 6) is -0.0426. The molecule has 0 bridgehead atoms. The minimum absolute atomic E-state index is 0.0426. The Morgan fingerprint density at radius 1 is 1.19 bits per heavy atom. The van der Waals surface area contributed by atoms with Gasteiger partial charge < -0.3 is 9.64 Å². The van der Waals surface area contributed by atoms with Gasteiger partial charge in [-0.25, -0.2) is 4.79 Å². The number of aryl methyl sites for hydroxylation is 1. The Balaban J connectivity index is 1.97. The molecule has 26 heavy (non-hydrogen) atoms. The monoisotopic (exact) mass is 383 g/mol. The average molecular weight is 384 g/mol. The van der Waals surface area contributed by atoms with Crippen molar-refractivity contribution in [3.05, 3.63) is 29.8 Å². The van der Waals surface area contributed by atoms with E-state index in [0.717, 1.165) is 18.4 Å². The highest BCUT2D eigenvalue weighted by atomic mass is 32.2. The fourth-order valence-electron chi connectivity index (χ4n) is 2.85. The third kappa shape index (κ3) is 5.71. The van der Waals surface area contributed by atoms with Crippen molar-refractivity contribution >= 4 is 16.2 Å². The van der Waals surface area contributed by atoms with Crippen LogP contribution in [-0.4, -0.2) is 44.2 Å². The third-order valence-corrected chi connectivity index (χ3v) is 5.67. The molecule has 1 saturated heterocycles. The molecule has 1 aromatic rings. The van der Waals surface area contributed by atoms with Crippen LogP contribution in [0.5, 0.6) is 0 Å². The zero-order valence-electron chi connectivity index (χ0n) is 16.2. The number of carbonyl (C=O) groups excluding carboxylic acids is 1. The van der Waals surface area contributed by atoms with Gasteiger partial charge in [-0.2, -0.15) is 8.42 Å². The molecule has 1 aliphatic heterocycles. The molecular formula is C19H29NO5S. The van der Waals surface area contributed by atoms with Crippen molar-refractivity contribution in [2.24, 2.45) is 5.92 Å². The molecule has 1 aromatic carbocycles. The van der Waals surface area contributed by atoms with Crippen LogP contribution in [0.4, 0.5) is 4.79 Å². The van der Waals surface area contributed by atoms with Gasteiger partial charge in [0.2, 0.25) is 0 Å². The van der Waals surface area contributed by atoms with Crippen LogP contribution in [0.1, 0.15) is 46.1 Å². The molecule has 1 fully saturated rings. The summed E-state index contributed by atoms with van der Waals surface area (Å²) in [6, 6.07) is 6.63. The maximum atomic E-state index is 12.4. The van der Waals surface area contributed by atoms with Crippen molar-refractivity contribution in [3.63, 3.8) is 0 Å². The molecular weight excluding hydrogens is 354 g/mol. The quantitative estimate of drug-likeness (QED) is 0.741. The second-order valence-electron chi connectivity index (χ2n) is 7.98. The van der Waals surface area contributed by atoms with E-state index in [4.69, 9.17) is 8.92 Å². The summed E-state index contributed by atoms with van der Waals surface area (Å²) in [6.07, 6.45) is 1.23. The number of hydrogen-bond donors (Lipinski definition) is 0. The van der Waals surface area contributed by atoms with Crippen LogP contribution in [0.3, 0.4) is 0 Å². The largest absolute Gasteiger partial charge is 0.444 e. The van der Waals surface area contributed by atoms with Crippen molar-refractivity contribution in [1.82, 2.24) is 4.90 Å². The van der Waals surface area contributed by atoms with Gasteiger partial charge in [0.25, 0.3) is 10.1 Å². The van der Waals surface area contributed by atoms with Crippen LogP contribution in [0, 0.1) is 12.8 Å². The van der Waals surface area contributed by atoms with Gasteiger partial charge in [0, 0.05) is 18.5 Å². The van der Waals surface area contributed by atoms with E-state index in [1.807, 2.05) is 34.6 Å². The Hall–Kier alpha value is -1.60. The van der Waals surface area contributed by atoms with E-state index in [9.17, 15) is 13.2 Å². The van der Waals surface area contributed by atoms with Gasteiger partial charge in [-0.15, -0.1) is 0 Å². The van der Waals surface area contributed by atoms with E-state index in [0.29, 0.717) is 6.54 Å². The maximum absolute atomic E-state index is 12.4. The lowest BCUT2D eigenvalue weighted by atomic mass is 9.94. The summed E-state index contributed by atoms with van der Waals surface area (Å²) < 4.78 is 35.4. The Labute approximate surface area is 156 Å². The Bertz CT molecular complexity index is 721. The highest BCUT2D eigenvalue weighted by Gasteiger charge is 2.33. The van der Waals surface area contributed by atoms with Crippen LogP contribution in [0.2, 0.25) is 0 Å². The first-order valence-corrected chi connectivity index (χ1v) is 10.3. The van der Waals surface area contributed by atoms with Crippen LogP contribution < -0.4 is 0 Å². The number of carbonyl (C=O) groups is 1. The number of hydrogen-bond acceptors (Lipinski definition) is 5. The maximum Gasteiger partial charge on any atom is 0.410 e. The average Bonchev–Trinajstić information content (AvgIpc) is 2.53. The molecule has 1 heterocycles. The van der Waals surface area contributed by atoms with Crippen molar-refractivity contribution in [2.45, 2.75) is 64.0 Å². The van der Waals surface area contributed by atoms with Gasteiger partial charge in [-0.05, 0) is 59.6 Å². The lowest BCUT2D eigenvalue weighted by molar-refractivity contribution is 0.00236. The number of likely N-dealkylation sites (tertiary alicyclic amines) is 1. The van der Waals surface area contributed by atoms with E-state index < -0.39 is 15.7 Å². The molecule has 2 rings (SSSR count). The Morgan fingerprint density at radius 2 is 1.81 bits per heavy atom. The number of benzene rings is 1. The van der Waals surface area contributed by atoms with E-state index >= 15 is 0 Å². The van der Waals surface area contributed by atoms with Crippen molar-refractivity contribution in [3.8, 4) is 0 Å². The predicted octanol–water partition coefficient (Wildman–Crippen LogP) is 3.74. The summed E-state index contributed by atoms with van der Waals surface area (Å²) >= 11 is 0. The van der Waals surface area contributed by atoms with Gasteiger partial charge in [0.05, 0.1) is 11.5 Å². The summed E-state index contributed by atoms with van der Waals surface area (Å²) in [4.78, 5) is 14.2.